The van der Waals surface area contributed by atoms with Gasteiger partial charge in [0.2, 0.25) is 0 Å². The Morgan fingerprint density at radius 3 is 2.35 bits per heavy atom. The highest BCUT2D eigenvalue weighted by molar-refractivity contribution is 5.72. The predicted molar refractivity (Wildman–Crippen MR) is 97.3 cm³/mol. The molecule has 2 rings (SSSR count). The first-order valence-corrected chi connectivity index (χ1v) is 8.72. The molecule has 26 heavy (non-hydrogen) atoms. The van der Waals surface area contributed by atoms with Crippen LogP contribution in [-0.4, -0.2) is 40.5 Å². The number of hydrogen-bond acceptors (Lipinski definition) is 5. The molecule has 0 amide bonds. The number of aliphatic hydroxyl groups excluding tert-OH is 1. The maximum absolute atomic E-state index is 11.1. The quantitative estimate of drug-likeness (QED) is 0.678. The Bertz CT molecular complexity index is 684. The van der Waals surface area contributed by atoms with E-state index in [2.05, 4.69) is 4.98 Å². The van der Waals surface area contributed by atoms with Gasteiger partial charge in [-0.25, -0.2) is 4.79 Å². The molecule has 1 aromatic heterocycles. The van der Waals surface area contributed by atoms with Crippen molar-refractivity contribution in [2.75, 3.05) is 13.2 Å². The average molecular weight is 359 g/mol. The number of pyridine rings is 1. The molecule has 0 unspecified atom stereocenters. The van der Waals surface area contributed by atoms with Crippen LogP contribution in [0.1, 0.15) is 36.8 Å². The van der Waals surface area contributed by atoms with E-state index in [0.717, 1.165) is 17.5 Å². The molecule has 0 spiro atoms. The molecule has 0 aliphatic heterocycles. The fourth-order valence-corrected chi connectivity index (χ4v) is 2.46. The maximum Gasteiger partial charge on any atom is 0.333 e. The summed E-state index contributed by atoms with van der Waals surface area (Å²) in [6, 6.07) is 10.8. The highest BCUT2D eigenvalue weighted by Gasteiger charge is 2.18. The third kappa shape index (κ3) is 5.82. The van der Waals surface area contributed by atoms with Crippen molar-refractivity contribution in [3.05, 3.63) is 59.4 Å². The lowest BCUT2D eigenvalue weighted by Gasteiger charge is -2.14. The van der Waals surface area contributed by atoms with Crippen molar-refractivity contribution in [2.24, 2.45) is 0 Å². The summed E-state index contributed by atoms with van der Waals surface area (Å²) in [5.41, 5.74) is 2.53. The van der Waals surface area contributed by atoms with Crippen molar-refractivity contribution < 1.29 is 24.5 Å². The molecule has 1 heterocycles. The maximum atomic E-state index is 11.1. The van der Waals surface area contributed by atoms with Crippen LogP contribution in [-0.2, 0) is 22.4 Å². The summed E-state index contributed by atoms with van der Waals surface area (Å²) in [6.07, 6.45) is 1.28. The van der Waals surface area contributed by atoms with E-state index in [1.54, 1.807) is 43.5 Å². The molecule has 6 nitrogen and oxygen atoms in total. The number of carboxylic acid groups (broad SMARTS) is 1. The molecule has 2 N–H and O–H groups in total. The van der Waals surface area contributed by atoms with Crippen molar-refractivity contribution in [1.82, 2.24) is 4.98 Å². The molecule has 0 saturated carbocycles. The predicted octanol–water partition coefficient (Wildman–Crippen LogP) is 2.79. The zero-order valence-corrected chi connectivity index (χ0v) is 15.1. The second-order valence-corrected chi connectivity index (χ2v) is 5.90. The van der Waals surface area contributed by atoms with Crippen LogP contribution in [0.3, 0.4) is 0 Å². The first-order valence-electron chi connectivity index (χ1n) is 8.72. The molecule has 0 aliphatic rings. The van der Waals surface area contributed by atoms with Crippen molar-refractivity contribution in [3.8, 4) is 5.75 Å². The smallest absolute Gasteiger partial charge is 0.333 e. The summed E-state index contributed by atoms with van der Waals surface area (Å²) in [5, 5.41) is 19.3. The lowest BCUT2D eigenvalue weighted by Crippen LogP contribution is -2.26. The minimum Gasteiger partial charge on any atom is -0.490 e. The topological polar surface area (TPSA) is 88.9 Å². The van der Waals surface area contributed by atoms with E-state index < -0.39 is 18.2 Å². The number of rotatable bonds is 10. The van der Waals surface area contributed by atoms with Crippen molar-refractivity contribution in [1.29, 1.82) is 0 Å². The Morgan fingerprint density at radius 1 is 1.12 bits per heavy atom. The second-order valence-electron chi connectivity index (χ2n) is 5.90. The Kier molecular flexibility index (Phi) is 7.56. The molecule has 2 aromatic rings. The fourth-order valence-electron chi connectivity index (χ4n) is 2.46. The van der Waals surface area contributed by atoms with Gasteiger partial charge in [-0.15, -0.1) is 0 Å². The van der Waals surface area contributed by atoms with Crippen LogP contribution in [0, 0.1) is 0 Å². The van der Waals surface area contributed by atoms with E-state index >= 15 is 0 Å². The monoisotopic (exact) mass is 359 g/mol. The molecular formula is C20H25NO5. The van der Waals surface area contributed by atoms with E-state index in [9.17, 15) is 9.90 Å². The highest BCUT2D eigenvalue weighted by Crippen LogP contribution is 2.17. The van der Waals surface area contributed by atoms with Gasteiger partial charge in [-0.1, -0.05) is 25.1 Å². The van der Waals surface area contributed by atoms with Gasteiger partial charge in [0.15, 0.2) is 6.10 Å². The first kappa shape index (κ1) is 19.9. The third-order valence-electron chi connectivity index (χ3n) is 3.99. The Balaban J connectivity index is 1.88. The number of hydrogen-bond donors (Lipinski definition) is 2. The largest absolute Gasteiger partial charge is 0.490 e. The number of aliphatic carboxylic acids is 1. The van der Waals surface area contributed by atoms with Gasteiger partial charge in [-0.3, -0.25) is 4.98 Å². The summed E-state index contributed by atoms with van der Waals surface area (Å²) < 4.78 is 10.8. The Morgan fingerprint density at radius 2 is 1.81 bits per heavy atom. The lowest BCUT2D eigenvalue weighted by molar-refractivity contribution is -0.149. The highest BCUT2D eigenvalue weighted by atomic mass is 16.5. The van der Waals surface area contributed by atoms with Gasteiger partial charge in [0.1, 0.15) is 18.5 Å². The number of aryl methyl sites for hydroxylation is 1. The van der Waals surface area contributed by atoms with E-state index in [1.807, 2.05) is 13.0 Å². The molecule has 0 aliphatic carbocycles. The molecule has 1 aromatic carbocycles. The number of benzene rings is 1. The van der Waals surface area contributed by atoms with Crippen molar-refractivity contribution >= 4 is 5.97 Å². The zero-order valence-electron chi connectivity index (χ0n) is 15.1. The lowest BCUT2D eigenvalue weighted by atomic mass is 10.1. The Labute approximate surface area is 153 Å². The van der Waals surface area contributed by atoms with Gasteiger partial charge in [0.25, 0.3) is 0 Å². The van der Waals surface area contributed by atoms with Gasteiger partial charge in [0.05, 0.1) is 5.69 Å². The van der Waals surface area contributed by atoms with Crippen LogP contribution in [0.2, 0.25) is 0 Å². The normalized spacial score (nSPS) is 13.2. The summed E-state index contributed by atoms with van der Waals surface area (Å²) in [7, 11) is 0. The van der Waals surface area contributed by atoms with Gasteiger partial charge in [-0.2, -0.15) is 0 Å². The fraction of sp³-hybridized carbons (Fsp3) is 0.400. The summed E-state index contributed by atoms with van der Waals surface area (Å²) in [5.74, 6) is -0.377. The van der Waals surface area contributed by atoms with E-state index in [4.69, 9.17) is 14.6 Å². The van der Waals surface area contributed by atoms with Gasteiger partial charge < -0.3 is 19.7 Å². The molecule has 0 radical (unpaired) electrons. The van der Waals surface area contributed by atoms with Gasteiger partial charge in [-0.05, 0) is 42.7 Å². The van der Waals surface area contributed by atoms with Gasteiger partial charge in [0, 0.05) is 19.2 Å². The van der Waals surface area contributed by atoms with Crippen LogP contribution in [0.5, 0.6) is 5.75 Å². The minimum atomic E-state index is -0.975. The molecule has 140 valence electrons. The first-order chi connectivity index (χ1) is 12.5. The SMILES string of the molecule is CCO[C@@H](Cc1ccc(OC[C@@H](O)c2ccc(CC)cn2)cc1)C(=O)O. The zero-order chi connectivity index (χ0) is 18.9. The van der Waals surface area contributed by atoms with Crippen LogP contribution in [0.15, 0.2) is 42.6 Å². The number of nitrogens with zero attached hydrogens (tertiary/aromatic N) is 1. The number of aromatic nitrogens is 1. The van der Waals surface area contributed by atoms with Gasteiger partial charge >= 0.3 is 5.97 Å². The number of carboxylic acids is 1. The summed E-state index contributed by atoms with van der Waals surface area (Å²) >= 11 is 0. The van der Waals surface area contributed by atoms with Crippen LogP contribution in [0.4, 0.5) is 0 Å². The van der Waals surface area contributed by atoms with Crippen LogP contribution < -0.4 is 4.74 Å². The Hall–Kier alpha value is -2.44. The molecule has 6 heteroatoms. The number of ether oxygens (including phenoxy) is 2. The minimum absolute atomic E-state index is 0.0918. The van der Waals surface area contributed by atoms with E-state index in [1.165, 1.54) is 0 Å². The average Bonchev–Trinajstić information content (AvgIpc) is 2.66. The molecule has 2 atom stereocenters. The molecule has 0 fully saturated rings. The number of carbonyl (C=O) groups is 1. The number of aliphatic hydroxyl groups is 1. The van der Waals surface area contributed by atoms with Crippen LogP contribution >= 0.6 is 0 Å². The van der Waals surface area contributed by atoms with Crippen molar-refractivity contribution in [2.45, 2.75) is 38.9 Å². The summed E-state index contributed by atoms with van der Waals surface area (Å²) in [4.78, 5) is 15.4. The second kappa shape index (κ2) is 9.89. The summed E-state index contributed by atoms with van der Waals surface area (Å²) in [6.45, 7) is 4.26. The van der Waals surface area contributed by atoms with E-state index in [-0.39, 0.29) is 6.61 Å². The molecule has 0 saturated heterocycles. The van der Waals surface area contributed by atoms with E-state index in [0.29, 0.717) is 24.5 Å². The standard InChI is InChI=1S/C20H25NO5/c1-3-14-7-10-17(21-12-14)18(22)13-26-16-8-5-15(6-9-16)11-19(20(23)24)25-4-2/h5-10,12,18-19,22H,3-4,11,13H2,1-2H3,(H,23,24)/t18-,19+/m1/s1. The van der Waals surface area contributed by atoms with Crippen LogP contribution in [0.25, 0.3) is 0 Å². The molecular weight excluding hydrogens is 334 g/mol. The van der Waals surface area contributed by atoms with Crippen molar-refractivity contribution in [3.63, 3.8) is 0 Å². The third-order valence-corrected chi connectivity index (χ3v) is 3.99. The molecule has 0 bridgehead atoms.